The lowest BCUT2D eigenvalue weighted by Crippen LogP contribution is -2.04. The fourth-order valence-electron chi connectivity index (χ4n) is 7.70. The van der Waals surface area contributed by atoms with Gasteiger partial charge in [-0.2, -0.15) is 0 Å². The van der Waals surface area contributed by atoms with E-state index in [0.717, 1.165) is 79.3 Å². The first-order chi connectivity index (χ1) is 27.2. The van der Waals surface area contributed by atoms with E-state index in [1.807, 2.05) is 12.1 Å². The van der Waals surface area contributed by atoms with Crippen molar-refractivity contribution in [3.8, 4) is 56.2 Å². The quantitative estimate of drug-likeness (QED) is 0.166. The van der Waals surface area contributed by atoms with Gasteiger partial charge in [0.2, 0.25) is 0 Å². The van der Waals surface area contributed by atoms with Gasteiger partial charge in [-0.25, -0.2) is 15.0 Å². The molecule has 260 valence electrons. The largest absolute Gasteiger partial charge is 0.455 e. The van der Waals surface area contributed by atoms with E-state index in [-0.39, 0.29) is 0 Å². The summed E-state index contributed by atoms with van der Waals surface area (Å²) in [6, 6.07) is 61.2. The van der Waals surface area contributed by atoms with Gasteiger partial charge in [0.25, 0.3) is 0 Å². The topological polar surface area (TPSA) is 51.8 Å². The highest BCUT2D eigenvalue weighted by molar-refractivity contribution is 6.15. The molecule has 4 nitrogen and oxygen atoms in total. The lowest BCUT2D eigenvalue weighted by Gasteiger charge is -2.16. The second-order valence-electron chi connectivity index (χ2n) is 13.9. The molecule has 10 rings (SSSR count). The van der Waals surface area contributed by atoms with Gasteiger partial charge in [-0.1, -0.05) is 176 Å². The summed E-state index contributed by atoms with van der Waals surface area (Å²) in [5.74, 6) is 2.00. The molecule has 55 heavy (non-hydrogen) atoms. The van der Waals surface area contributed by atoms with E-state index in [2.05, 4.69) is 176 Å². The normalized spacial score (nSPS) is 12.8. The Kier molecular flexibility index (Phi) is 8.27. The SMILES string of the molecule is C1=C(c2ccccc2)CCC(c2nc(-c3ccc(-c4ccccc4)cc3)nc(-c3cccc(-c4cccc5oc6c(-c7ccccc7)cccc6c45)c3)n2)=C1. The van der Waals surface area contributed by atoms with Crippen molar-refractivity contribution < 1.29 is 4.42 Å². The second-order valence-corrected chi connectivity index (χ2v) is 13.9. The van der Waals surface area contributed by atoms with Crippen LogP contribution >= 0.6 is 0 Å². The van der Waals surface area contributed by atoms with Gasteiger partial charge in [0.1, 0.15) is 11.2 Å². The molecule has 0 atom stereocenters. The van der Waals surface area contributed by atoms with Gasteiger partial charge < -0.3 is 4.42 Å². The average molecular weight is 706 g/mol. The van der Waals surface area contributed by atoms with Gasteiger partial charge in [0, 0.05) is 27.5 Å². The zero-order chi connectivity index (χ0) is 36.6. The molecule has 7 aromatic carbocycles. The van der Waals surface area contributed by atoms with Gasteiger partial charge in [-0.05, 0) is 69.5 Å². The molecule has 0 unspecified atom stereocenters. The van der Waals surface area contributed by atoms with Crippen molar-refractivity contribution in [1.82, 2.24) is 15.0 Å². The van der Waals surface area contributed by atoms with Gasteiger partial charge in [0.15, 0.2) is 17.5 Å². The van der Waals surface area contributed by atoms with Crippen LogP contribution in [-0.2, 0) is 0 Å². The first kappa shape index (κ1) is 32.5. The van der Waals surface area contributed by atoms with Gasteiger partial charge in [0.05, 0.1) is 0 Å². The summed E-state index contributed by atoms with van der Waals surface area (Å²) < 4.78 is 6.59. The minimum absolute atomic E-state index is 0.642. The van der Waals surface area contributed by atoms with E-state index < -0.39 is 0 Å². The van der Waals surface area contributed by atoms with Crippen molar-refractivity contribution >= 4 is 33.1 Å². The maximum Gasteiger partial charge on any atom is 0.164 e. The van der Waals surface area contributed by atoms with E-state index in [9.17, 15) is 0 Å². The first-order valence-corrected chi connectivity index (χ1v) is 18.7. The van der Waals surface area contributed by atoms with Crippen LogP contribution in [0.5, 0.6) is 0 Å². The molecule has 1 aliphatic carbocycles. The number of benzene rings is 7. The monoisotopic (exact) mass is 705 g/mol. The van der Waals surface area contributed by atoms with Gasteiger partial charge in [-0.3, -0.25) is 0 Å². The number of aromatic nitrogens is 3. The smallest absolute Gasteiger partial charge is 0.164 e. The molecule has 0 N–H and O–H groups in total. The van der Waals surface area contributed by atoms with E-state index in [0.29, 0.717) is 17.5 Å². The van der Waals surface area contributed by atoms with E-state index in [1.54, 1.807) is 0 Å². The summed E-state index contributed by atoms with van der Waals surface area (Å²) in [5, 5.41) is 2.18. The third-order valence-electron chi connectivity index (χ3n) is 10.5. The zero-order valence-corrected chi connectivity index (χ0v) is 30.1. The zero-order valence-electron chi connectivity index (χ0n) is 30.1. The lowest BCUT2D eigenvalue weighted by atomic mass is 9.93. The predicted octanol–water partition coefficient (Wildman–Crippen LogP) is 13.4. The molecule has 9 aromatic rings. The summed E-state index contributed by atoms with van der Waals surface area (Å²) in [5.41, 5.74) is 14.0. The number of fused-ring (bicyclic) bond motifs is 3. The predicted molar refractivity (Wildman–Crippen MR) is 226 cm³/mol. The molecule has 0 amide bonds. The van der Waals surface area contributed by atoms with Crippen molar-refractivity contribution in [3.05, 3.63) is 199 Å². The summed E-state index contributed by atoms with van der Waals surface area (Å²) in [4.78, 5) is 15.4. The molecule has 0 fully saturated rings. The molecule has 2 heterocycles. The number of allylic oxidation sites excluding steroid dienone is 4. The van der Waals surface area contributed by atoms with Crippen LogP contribution in [0.15, 0.2) is 192 Å². The van der Waals surface area contributed by atoms with E-state index >= 15 is 0 Å². The Balaban J connectivity index is 1.08. The third-order valence-corrected chi connectivity index (χ3v) is 10.5. The molecule has 0 bridgehead atoms. The highest BCUT2D eigenvalue weighted by atomic mass is 16.3. The van der Waals surface area contributed by atoms with Crippen LogP contribution in [0.25, 0.3) is 89.2 Å². The van der Waals surface area contributed by atoms with Crippen molar-refractivity contribution in [2.75, 3.05) is 0 Å². The average Bonchev–Trinajstić information content (AvgIpc) is 3.67. The number of hydrogen-bond acceptors (Lipinski definition) is 4. The third kappa shape index (κ3) is 6.24. The van der Waals surface area contributed by atoms with Gasteiger partial charge in [-0.15, -0.1) is 0 Å². The Bertz CT molecular complexity index is 2890. The molecule has 4 heteroatoms. The maximum absolute atomic E-state index is 6.59. The minimum atomic E-state index is 0.642. The summed E-state index contributed by atoms with van der Waals surface area (Å²) in [6.45, 7) is 0. The van der Waals surface area contributed by atoms with Crippen molar-refractivity contribution in [3.63, 3.8) is 0 Å². The highest BCUT2D eigenvalue weighted by Crippen LogP contribution is 2.41. The number of furan rings is 1. The minimum Gasteiger partial charge on any atom is -0.455 e. The van der Waals surface area contributed by atoms with Crippen LogP contribution in [0.3, 0.4) is 0 Å². The van der Waals surface area contributed by atoms with Gasteiger partial charge >= 0.3 is 0 Å². The van der Waals surface area contributed by atoms with Crippen LogP contribution < -0.4 is 0 Å². The molecular formula is C51H35N3O. The summed E-state index contributed by atoms with van der Waals surface area (Å²) >= 11 is 0. The van der Waals surface area contributed by atoms with E-state index in [1.165, 1.54) is 16.7 Å². The molecule has 0 radical (unpaired) electrons. The Morgan fingerprint density at radius 1 is 0.364 bits per heavy atom. The maximum atomic E-state index is 6.59. The Morgan fingerprint density at radius 2 is 0.891 bits per heavy atom. The molecule has 0 spiro atoms. The standard InChI is InChI=1S/C51H35N3O/c1-4-13-34(14-5-1)36-25-29-39(30-26-36)49-52-50(40-31-27-37(28-32-40)35-15-6-2-7-16-35)54-51(53-49)42-20-10-19-41(33-42)43-21-12-24-46-47(43)45-23-11-22-44(48(45)55-46)38-17-8-3-9-18-38/h1-27,29-31,33H,28,32H2. The van der Waals surface area contributed by atoms with E-state index in [4.69, 9.17) is 19.4 Å². The summed E-state index contributed by atoms with van der Waals surface area (Å²) in [7, 11) is 0. The van der Waals surface area contributed by atoms with Crippen molar-refractivity contribution in [2.45, 2.75) is 12.8 Å². The second kappa shape index (κ2) is 14.0. The van der Waals surface area contributed by atoms with Crippen molar-refractivity contribution in [2.24, 2.45) is 0 Å². The highest BCUT2D eigenvalue weighted by Gasteiger charge is 2.19. The summed E-state index contributed by atoms with van der Waals surface area (Å²) in [6.07, 6.45) is 6.16. The fraction of sp³-hybridized carbons (Fsp3) is 0.0392. The molecule has 1 aliphatic rings. The Hall–Kier alpha value is -7.17. The Labute approximate surface area is 319 Å². The van der Waals surface area contributed by atoms with Crippen LogP contribution in [0, 0.1) is 0 Å². The van der Waals surface area contributed by atoms with Crippen molar-refractivity contribution in [1.29, 1.82) is 0 Å². The molecule has 0 saturated carbocycles. The number of rotatable bonds is 7. The van der Waals surface area contributed by atoms with Crippen LogP contribution in [-0.4, -0.2) is 15.0 Å². The van der Waals surface area contributed by atoms with Crippen LogP contribution in [0.2, 0.25) is 0 Å². The number of hydrogen-bond donors (Lipinski definition) is 0. The first-order valence-electron chi connectivity index (χ1n) is 18.7. The number of nitrogens with zero attached hydrogens (tertiary/aromatic N) is 3. The molecule has 0 saturated heterocycles. The molecular weight excluding hydrogens is 671 g/mol. The molecule has 2 aromatic heterocycles. The fourth-order valence-corrected chi connectivity index (χ4v) is 7.70. The Morgan fingerprint density at radius 3 is 1.62 bits per heavy atom. The number of para-hydroxylation sites is 1. The van der Waals surface area contributed by atoms with Crippen LogP contribution in [0.1, 0.15) is 24.2 Å². The molecule has 0 aliphatic heterocycles. The van der Waals surface area contributed by atoms with Crippen LogP contribution in [0.4, 0.5) is 0 Å². The lowest BCUT2D eigenvalue weighted by molar-refractivity contribution is 0.670.